The lowest BCUT2D eigenvalue weighted by Crippen LogP contribution is -2.23. The zero-order valence-electron chi connectivity index (χ0n) is 13.1. The fourth-order valence-corrected chi connectivity index (χ4v) is 2.65. The number of likely N-dealkylation sites (tertiary alicyclic amines) is 1. The fraction of sp³-hybridized carbons (Fsp3) is 0.294. The summed E-state index contributed by atoms with van der Waals surface area (Å²) in [6.45, 7) is 2.08. The van der Waals surface area contributed by atoms with Crippen molar-refractivity contribution in [2.75, 3.05) is 11.9 Å². The van der Waals surface area contributed by atoms with Crippen molar-refractivity contribution in [3.8, 4) is 0 Å². The number of aromatic nitrogens is 1. The van der Waals surface area contributed by atoms with Crippen LogP contribution < -0.4 is 5.32 Å². The smallest absolute Gasteiger partial charge is 0.287 e. The molecule has 2 heterocycles. The molecule has 124 valence electrons. The Morgan fingerprint density at radius 2 is 1.92 bits per heavy atom. The molecule has 3 rings (SSSR count). The van der Waals surface area contributed by atoms with Crippen molar-refractivity contribution < 1.29 is 9.72 Å². The van der Waals surface area contributed by atoms with E-state index in [-0.39, 0.29) is 11.6 Å². The Morgan fingerprint density at radius 1 is 1.17 bits per heavy atom. The predicted octanol–water partition coefficient (Wildman–Crippen LogP) is 2.72. The van der Waals surface area contributed by atoms with Gasteiger partial charge in [0.15, 0.2) is 0 Å². The van der Waals surface area contributed by atoms with Crippen LogP contribution in [0.4, 0.5) is 11.5 Å². The van der Waals surface area contributed by atoms with E-state index in [9.17, 15) is 14.9 Å². The topological polar surface area (TPSA) is 88.4 Å². The second-order valence-corrected chi connectivity index (χ2v) is 5.75. The van der Waals surface area contributed by atoms with Gasteiger partial charge in [-0.25, -0.2) is 4.98 Å². The summed E-state index contributed by atoms with van der Waals surface area (Å²) in [6, 6.07) is 11.1. The molecule has 0 bridgehead atoms. The number of nitrogens with one attached hydrogen (secondary N) is 1. The molecule has 1 aromatic carbocycles. The Balaban J connectivity index is 1.54. The summed E-state index contributed by atoms with van der Waals surface area (Å²) in [4.78, 5) is 27.6. The number of hydrogen-bond acceptors (Lipinski definition) is 5. The highest BCUT2D eigenvalue weighted by atomic mass is 16.6. The van der Waals surface area contributed by atoms with Gasteiger partial charge >= 0.3 is 0 Å². The van der Waals surface area contributed by atoms with Crippen LogP contribution in [-0.4, -0.2) is 27.3 Å². The molecule has 24 heavy (non-hydrogen) atoms. The van der Waals surface area contributed by atoms with Crippen LogP contribution in [0.5, 0.6) is 0 Å². The largest absolute Gasteiger partial charge is 0.366 e. The van der Waals surface area contributed by atoms with Crippen LogP contribution in [0.15, 0.2) is 42.6 Å². The number of carbonyl (C=O) groups excluding carboxylic acids is 1. The molecule has 1 amide bonds. The molecule has 1 N–H and O–H groups in total. The number of amides is 1. The van der Waals surface area contributed by atoms with Crippen LogP contribution >= 0.6 is 0 Å². The highest BCUT2D eigenvalue weighted by molar-refractivity contribution is 5.78. The van der Waals surface area contributed by atoms with Crippen molar-refractivity contribution >= 4 is 17.4 Å². The second kappa shape index (κ2) is 7.08. The van der Waals surface area contributed by atoms with E-state index in [1.165, 1.54) is 12.3 Å². The van der Waals surface area contributed by atoms with E-state index in [4.69, 9.17) is 0 Å². The quantitative estimate of drug-likeness (QED) is 0.651. The Hall–Kier alpha value is -2.96. The van der Waals surface area contributed by atoms with Gasteiger partial charge in [-0.1, -0.05) is 24.3 Å². The highest BCUT2D eigenvalue weighted by Gasteiger charge is 2.19. The van der Waals surface area contributed by atoms with Crippen LogP contribution in [0.25, 0.3) is 0 Å². The molecule has 1 aromatic heterocycles. The van der Waals surface area contributed by atoms with Gasteiger partial charge in [0.05, 0.1) is 4.92 Å². The molecule has 1 saturated heterocycles. The van der Waals surface area contributed by atoms with Gasteiger partial charge in [0.1, 0.15) is 12.0 Å². The maximum absolute atomic E-state index is 11.6. The summed E-state index contributed by atoms with van der Waals surface area (Å²) in [6.07, 6.45) is 2.84. The Bertz CT molecular complexity index is 729. The molecule has 7 nitrogen and oxygen atoms in total. The number of carbonyl (C=O) groups is 1. The standard InChI is InChI=1S/C17H18N4O3/c22-17-2-1-9-20(17)12-14-5-3-13(4-6-14)10-18-16-8-7-15(11-19-16)21(23)24/h3-8,11H,1-2,9-10,12H2,(H,18,19). The van der Waals surface area contributed by atoms with Crippen molar-refractivity contribution in [3.63, 3.8) is 0 Å². The number of nitrogens with zero attached hydrogens (tertiary/aromatic N) is 3. The summed E-state index contributed by atoms with van der Waals surface area (Å²) in [5, 5.41) is 13.7. The third-order valence-electron chi connectivity index (χ3n) is 4.00. The second-order valence-electron chi connectivity index (χ2n) is 5.75. The zero-order valence-corrected chi connectivity index (χ0v) is 13.1. The average molecular weight is 326 g/mol. The van der Waals surface area contributed by atoms with Crippen LogP contribution in [0, 0.1) is 10.1 Å². The van der Waals surface area contributed by atoms with E-state index in [1.807, 2.05) is 29.2 Å². The minimum atomic E-state index is -0.472. The third kappa shape index (κ3) is 3.87. The SMILES string of the molecule is O=C1CCCN1Cc1ccc(CNc2ccc([N+](=O)[O-])cn2)cc1. The molecule has 1 fully saturated rings. The number of nitro groups is 1. The van der Waals surface area contributed by atoms with Crippen molar-refractivity contribution in [2.24, 2.45) is 0 Å². The lowest BCUT2D eigenvalue weighted by molar-refractivity contribution is -0.385. The number of benzene rings is 1. The van der Waals surface area contributed by atoms with Crippen molar-refractivity contribution in [2.45, 2.75) is 25.9 Å². The molecule has 0 unspecified atom stereocenters. The van der Waals surface area contributed by atoms with Gasteiger partial charge in [-0.3, -0.25) is 14.9 Å². The van der Waals surface area contributed by atoms with Crippen LogP contribution in [0.3, 0.4) is 0 Å². The lowest BCUT2D eigenvalue weighted by Gasteiger charge is -2.15. The molecule has 0 saturated carbocycles. The number of hydrogen-bond donors (Lipinski definition) is 1. The first-order valence-electron chi connectivity index (χ1n) is 7.82. The molecule has 1 aliphatic rings. The van der Waals surface area contributed by atoms with E-state index >= 15 is 0 Å². The molecule has 0 aliphatic carbocycles. The van der Waals surface area contributed by atoms with Crippen molar-refractivity contribution in [3.05, 3.63) is 63.8 Å². The minimum Gasteiger partial charge on any atom is -0.366 e. The Morgan fingerprint density at radius 3 is 2.50 bits per heavy atom. The van der Waals surface area contributed by atoms with Gasteiger partial charge in [0.25, 0.3) is 5.69 Å². The number of rotatable bonds is 6. The Labute approximate surface area is 139 Å². The van der Waals surface area contributed by atoms with Crippen LogP contribution in [0.2, 0.25) is 0 Å². The van der Waals surface area contributed by atoms with E-state index in [0.717, 1.165) is 24.1 Å². The summed E-state index contributed by atoms with van der Waals surface area (Å²) in [5.74, 6) is 0.817. The fourth-order valence-electron chi connectivity index (χ4n) is 2.65. The van der Waals surface area contributed by atoms with Gasteiger partial charge in [-0.05, 0) is 23.6 Å². The van der Waals surface area contributed by atoms with Crippen molar-refractivity contribution in [1.29, 1.82) is 0 Å². The molecule has 0 radical (unpaired) electrons. The number of anilines is 1. The van der Waals surface area contributed by atoms with Gasteiger partial charge in [0.2, 0.25) is 5.91 Å². The van der Waals surface area contributed by atoms with E-state index in [0.29, 0.717) is 25.3 Å². The predicted molar refractivity (Wildman–Crippen MR) is 89.3 cm³/mol. The zero-order chi connectivity index (χ0) is 16.9. The lowest BCUT2D eigenvalue weighted by atomic mass is 10.1. The Kier molecular flexibility index (Phi) is 4.69. The van der Waals surface area contributed by atoms with E-state index in [1.54, 1.807) is 6.07 Å². The minimum absolute atomic E-state index is 0.0265. The first-order valence-corrected chi connectivity index (χ1v) is 7.82. The van der Waals surface area contributed by atoms with Gasteiger partial charge in [0, 0.05) is 32.1 Å². The average Bonchev–Trinajstić information content (AvgIpc) is 2.99. The maximum Gasteiger partial charge on any atom is 0.287 e. The van der Waals surface area contributed by atoms with Gasteiger partial charge in [-0.2, -0.15) is 0 Å². The van der Waals surface area contributed by atoms with E-state index in [2.05, 4.69) is 10.3 Å². The molecule has 0 atom stereocenters. The molecule has 0 spiro atoms. The molecule has 2 aromatic rings. The van der Waals surface area contributed by atoms with E-state index < -0.39 is 4.92 Å². The first-order chi connectivity index (χ1) is 11.6. The highest BCUT2D eigenvalue weighted by Crippen LogP contribution is 2.16. The molecule has 1 aliphatic heterocycles. The first kappa shape index (κ1) is 15.9. The van der Waals surface area contributed by atoms with Gasteiger partial charge < -0.3 is 10.2 Å². The summed E-state index contributed by atoms with van der Waals surface area (Å²) in [5.41, 5.74) is 2.16. The van der Waals surface area contributed by atoms with Gasteiger partial charge in [-0.15, -0.1) is 0 Å². The number of pyridine rings is 1. The van der Waals surface area contributed by atoms with Crippen LogP contribution in [-0.2, 0) is 17.9 Å². The van der Waals surface area contributed by atoms with Crippen LogP contribution in [0.1, 0.15) is 24.0 Å². The summed E-state index contributed by atoms with van der Waals surface area (Å²) in [7, 11) is 0. The molecular formula is C17H18N4O3. The molecule has 7 heteroatoms. The molecular weight excluding hydrogens is 308 g/mol. The summed E-state index contributed by atoms with van der Waals surface area (Å²) < 4.78 is 0. The monoisotopic (exact) mass is 326 g/mol. The third-order valence-corrected chi connectivity index (χ3v) is 4.00. The summed E-state index contributed by atoms with van der Waals surface area (Å²) >= 11 is 0. The maximum atomic E-state index is 11.6. The van der Waals surface area contributed by atoms with Crippen molar-refractivity contribution in [1.82, 2.24) is 9.88 Å². The normalized spacial score (nSPS) is 14.0.